The van der Waals surface area contributed by atoms with E-state index in [1.54, 1.807) is 12.1 Å². The molecule has 0 saturated heterocycles. The summed E-state index contributed by atoms with van der Waals surface area (Å²) in [6, 6.07) is 7.27. The number of benzene rings is 1. The first-order valence-electron chi connectivity index (χ1n) is 7.09. The fourth-order valence-electron chi connectivity index (χ4n) is 1.70. The summed E-state index contributed by atoms with van der Waals surface area (Å²) in [5.41, 5.74) is 1.54. The number of hydrogen-bond donors (Lipinski definition) is 2. The Kier molecular flexibility index (Phi) is 9.08. The third-order valence-corrected chi connectivity index (χ3v) is 2.63. The molecular weight excluding hydrogens is 393 g/mol. The highest BCUT2D eigenvalue weighted by atomic mass is 127. The van der Waals surface area contributed by atoms with E-state index >= 15 is 0 Å². The molecule has 0 fully saturated rings. The van der Waals surface area contributed by atoms with Gasteiger partial charge in [0.15, 0.2) is 5.96 Å². The van der Waals surface area contributed by atoms with Crippen molar-refractivity contribution in [3.8, 4) is 0 Å². The molecular formula is C16H26IN3O2. The fourth-order valence-corrected chi connectivity index (χ4v) is 1.70. The van der Waals surface area contributed by atoms with Gasteiger partial charge in [-0.1, -0.05) is 12.1 Å². The van der Waals surface area contributed by atoms with Gasteiger partial charge in [0.2, 0.25) is 0 Å². The molecule has 1 aromatic carbocycles. The van der Waals surface area contributed by atoms with Gasteiger partial charge < -0.3 is 15.4 Å². The number of methoxy groups -OCH3 is 1. The number of esters is 1. The second-order valence-electron chi connectivity index (χ2n) is 5.76. The number of carbonyl (C=O) groups excluding carboxylic acids is 1. The molecule has 2 N–H and O–H groups in total. The zero-order valence-corrected chi connectivity index (χ0v) is 16.2. The minimum absolute atomic E-state index is 0. The van der Waals surface area contributed by atoms with Gasteiger partial charge in [-0.25, -0.2) is 9.79 Å². The minimum atomic E-state index is -0.326. The maximum atomic E-state index is 11.4. The smallest absolute Gasteiger partial charge is 0.337 e. The van der Waals surface area contributed by atoms with Crippen molar-refractivity contribution in [2.24, 2.45) is 4.99 Å². The minimum Gasteiger partial charge on any atom is -0.465 e. The van der Waals surface area contributed by atoms with Crippen molar-refractivity contribution in [1.29, 1.82) is 0 Å². The van der Waals surface area contributed by atoms with Crippen molar-refractivity contribution in [2.75, 3.05) is 13.7 Å². The molecule has 0 amide bonds. The SMILES string of the molecule is CCNC(=NCc1ccc(C(=O)OC)cc1)NC(C)(C)C.I. The summed E-state index contributed by atoms with van der Waals surface area (Å²) in [4.78, 5) is 15.9. The number of aliphatic imine (C=N–C) groups is 1. The molecule has 0 aliphatic rings. The van der Waals surface area contributed by atoms with E-state index < -0.39 is 0 Å². The van der Waals surface area contributed by atoms with Gasteiger partial charge in [-0.3, -0.25) is 0 Å². The van der Waals surface area contributed by atoms with Gasteiger partial charge in [-0.2, -0.15) is 0 Å². The van der Waals surface area contributed by atoms with Crippen LogP contribution in [0.3, 0.4) is 0 Å². The van der Waals surface area contributed by atoms with Crippen LogP contribution >= 0.6 is 24.0 Å². The Morgan fingerprint density at radius 2 is 1.82 bits per heavy atom. The second kappa shape index (κ2) is 9.66. The number of carbonyl (C=O) groups is 1. The molecule has 0 unspecified atom stereocenters. The summed E-state index contributed by atoms with van der Waals surface area (Å²) in [5, 5.41) is 6.54. The lowest BCUT2D eigenvalue weighted by Crippen LogP contribution is -2.47. The Balaban J connectivity index is 0.00000441. The number of nitrogens with zero attached hydrogens (tertiary/aromatic N) is 1. The molecule has 6 heteroatoms. The monoisotopic (exact) mass is 419 g/mol. The van der Waals surface area contributed by atoms with Crippen molar-refractivity contribution in [3.63, 3.8) is 0 Å². The van der Waals surface area contributed by atoms with Crippen LogP contribution in [0, 0.1) is 0 Å². The lowest BCUT2D eigenvalue weighted by Gasteiger charge is -2.23. The number of ether oxygens (including phenoxy) is 1. The molecule has 5 nitrogen and oxygen atoms in total. The third kappa shape index (κ3) is 7.63. The van der Waals surface area contributed by atoms with E-state index in [1.165, 1.54) is 7.11 Å². The molecule has 0 saturated carbocycles. The maximum Gasteiger partial charge on any atom is 0.337 e. The topological polar surface area (TPSA) is 62.7 Å². The van der Waals surface area contributed by atoms with Gasteiger partial charge >= 0.3 is 5.97 Å². The summed E-state index contributed by atoms with van der Waals surface area (Å²) in [6.45, 7) is 9.65. The molecule has 124 valence electrons. The highest BCUT2D eigenvalue weighted by Crippen LogP contribution is 2.07. The van der Waals surface area contributed by atoms with Crippen molar-refractivity contribution in [2.45, 2.75) is 39.8 Å². The molecule has 0 spiro atoms. The van der Waals surface area contributed by atoms with Crippen LogP contribution in [0.25, 0.3) is 0 Å². The van der Waals surface area contributed by atoms with Crippen LogP contribution in [0.2, 0.25) is 0 Å². The Morgan fingerprint density at radius 1 is 1.23 bits per heavy atom. The highest BCUT2D eigenvalue weighted by Gasteiger charge is 2.11. The predicted octanol–water partition coefficient (Wildman–Crippen LogP) is 2.94. The number of nitrogens with one attached hydrogen (secondary N) is 2. The maximum absolute atomic E-state index is 11.4. The van der Waals surface area contributed by atoms with E-state index in [0.29, 0.717) is 12.1 Å². The van der Waals surface area contributed by atoms with Gasteiger partial charge in [0, 0.05) is 12.1 Å². The number of guanidine groups is 1. The van der Waals surface area contributed by atoms with Crippen LogP contribution in [0.5, 0.6) is 0 Å². The largest absolute Gasteiger partial charge is 0.465 e. The molecule has 0 heterocycles. The lowest BCUT2D eigenvalue weighted by atomic mass is 10.1. The fraction of sp³-hybridized carbons (Fsp3) is 0.500. The van der Waals surface area contributed by atoms with Crippen LogP contribution in [0.15, 0.2) is 29.3 Å². The average molecular weight is 419 g/mol. The quantitative estimate of drug-likeness (QED) is 0.341. The summed E-state index contributed by atoms with van der Waals surface area (Å²) in [7, 11) is 1.38. The van der Waals surface area contributed by atoms with Crippen LogP contribution in [-0.4, -0.2) is 31.1 Å². The number of hydrogen-bond acceptors (Lipinski definition) is 3. The van der Waals surface area contributed by atoms with Gasteiger partial charge in [0.05, 0.1) is 19.2 Å². The molecule has 0 atom stereocenters. The van der Waals surface area contributed by atoms with E-state index in [-0.39, 0.29) is 35.5 Å². The zero-order valence-electron chi connectivity index (χ0n) is 13.9. The van der Waals surface area contributed by atoms with Crippen LogP contribution < -0.4 is 10.6 Å². The standard InChI is InChI=1S/C16H25N3O2.HI/c1-6-17-15(19-16(2,3)4)18-11-12-7-9-13(10-8-12)14(20)21-5;/h7-10H,6,11H2,1-5H3,(H2,17,18,19);1H. The van der Waals surface area contributed by atoms with Gasteiger partial charge in [-0.05, 0) is 45.4 Å². The first-order chi connectivity index (χ1) is 9.85. The third-order valence-electron chi connectivity index (χ3n) is 2.63. The summed E-state index contributed by atoms with van der Waals surface area (Å²) < 4.78 is 4.67. The zero-order chi connectivity index (χ0) is 15.9. The van der Waals surface area contributed by atoms with Crippen LogP contribution in [-0.2, 0) is 11.3 Å². The second-order valence-corrected chi connectivity index (χ2v) is 5.76. The van der Waals surface area contributed by atoms with E-state index in [2.05, 4.69) is 41.1 Å². The molecule has 1 aromatic rings. The normalized spacial score (nSPS) is 11.4. The van der Waals surface area contributed by atoms with Crippen molar-refractivity contribution in [3.05, 3.63) is 35.4 Å². The Labute approximate surface area is 149 Å². The van der Waals surface area contributed by atoms with Crippen molar-refractivity contribution in [1.82, 2.24) is 10.6 Å². The van der Waals surface area contributed by atoms with Crippen LogP contribution in [0.1, 0.15) is 43.6 Å². The molecule has 1 rings (SSSR count). The Hall–Kier alpha value is -1.31. The average Bonchev–Trinajstić information content (AvgIpc) is 2.43. The Bertz CT molecular complexity index is 493. The Morgan fingerprint density at radius 3 is 2.27 bits per heavy atom. The molecule has 0 aliphatic heterocycles. The summed E-state index contributed by atoms with van der Waals surface area (Å²) >= 11 is 0. The van der Waals surface area contributed by atoms with Gasteiger partial charge in [0.25, 0.3) is 0 Å². The van der Waals surface area contributed by atoms with E-state index in [4.69, 9.17) is 0 Å². The molecule has 22 heavy (non-hydrogen) atoms. The highest BCUT2D eigenvalue weighted by molar-refractivity contribution is 14.0. The molecule has 0 bridgehead atoms. The van der Waals surface area contributed by atoms with Crippen LogP contribution in [0.4, 0.5) is 0 Å². The van der Waals surface area contributed by atoms with E-state index in [0.717, 1.165) is 18.1 Å². The van der Waals surface area contributed by atoms with Gasteiger partial charge in [-0.15, -0.1) is 24.0 Å². The van der Waals surface area contributed by atoms with E-state index in [1.807, 2.05) is 19.1 Å². The van der Waals surface area contributed by atoms with Gasteiger partial charge in [0.1, 0.15) is 0 Å². The number of rotatable bonds is 4. The lowest BCUT2D eigenvalue weighted by molar-refractivity contribution is 0.0600. The molecule has 0 aliphatic carbocycles. The predicted molar refractivity (Wildman–Crippen MR) is 101 cm³/mol. The molecule has 0 radical (unpaired) electrons. The van der Waals surface area contributed by atoms with Crippen molar-refractivity contribution >= 4 is 35.9 Å². The first kappa shape index (κ1) is 20.7. The van der Waals surface area contributed by atoms with E-state index in [9.17, 15) is 4.79 Å². The summed E-state index contributed by atoms with van der Waals surface area (Å²) in [5.74, 6) is 0.454. The molecule has 0 aromatic heterocycles. The first-order valence-corrected chi connectivity index (χ1v) is 7.09. The summed E-state index contributed by atoms with van der Waals surface area (Å²) in [6.07, 6.45) is 0. The number of halogens is 1. The van der Waals surface area contributed by atoms with Crippen molar-refractivity contribution < 1.29 is 9.53 Å².